The Morgan fingerprint density at radius 1 is 1.53 bits per heavy atom. The third kappa shape index (κ3) is 3.67. The lowest BCUT2D eigenvalue weighted by molar-refractivity contribution is -0.145. The zero-order valence-electron chi connectivity index (χ0n) is 11.1. The van der Waals surface area contributed by atoms with Crippen molar-refractivity contribution in [3.05, 3.63) is 0 Å². The average Bonchev–Trinajstić information content (AvgIpc) is 3.16. The number of carbonyl (C=O) groups is 2. The van der Waals surface area contributed by atoms with Crippen molar-refractivity contribution in [2.24, 2.45) is 11.8 Å². The molecule has 2 aliphatic rings. The molecule has 0 aromatic heterocycles. The van der Waals surface area contributed by atoms with Crippen LogP contribution in [0.5, 0.6) is 0 Å². The summed E-state index contributed by atoms with van der Waals surface area (Å²) in [6.45, 7) is 3.53. The van der Waals surface area contributed by atoms with E-state index in [1.165, 1.54) is 0 Å². The Kier molecular flexibility index (Phi) is 4.76. The lowest BCUT2D eigenvalue weighted by Gasteiger charge is -2.28. The monoisotopic (exact) mass is 271 g/mol. The highest BCUT2D eigenvalue weighted by molar-refractivity contribution is 5.87. The summed E-state index contributed by atoms with van der Waals surface area (Å²) in [5.41, 5.74) is 0. The van der Waals surface area contributed by atoms with Gasteiger partial charge in [0.1, 0.15) is 6.04 Å². The molecule has 0 bridgehead atoms. The zero-order chi connectivity index (χ0) is 13.8. The number of carbonyl (C=O) groups excluding carboxylic acids is 1. The van der Waals surface area contributed by atoms with E-state index in [4.69, 9.17) is 9.47 Å². The molecule has 1 saturated carbocycles. The molecule has 0 radical (unpaired) electrons. The highest BCUT2D eigenvalue weighted by Crippen LogP contribution is 2.34. The van der Waals surface area contributed by atoms with E-state index < -0.39 is 12.0 Å². The van der Waals surface area contributed by atoms with Crippen LogP contribution in [0, 0.1) is 11.8 Å². The molecule has 1 heterocycles. The lowest BCUT2D eigenvalue weighted by Crippen LogP contribution is -2.49. The van der Waals surface area contributed by atoms with Crippen molar-refractivity contribution >= 4 is 11.9 Å². The Balaban J connectivity index is 1.86. The predicted octanol–water partition coefficient (Wildman–Crippen LogP) is 0.407. The maximum atomic E-state index is 12.0. The van der Waals surface area contributed by atoms with Crippen LogP contribution in [0.25, 0.3) is 0 Å². The van der Waals surface area contributed by atoms with Gasteiger partial charge < -0.3 is 19.9 Å². The fourth-order valence-corrected chi connectivity index (χ4v) is 2.52. The fraction of sp³-hybridized carbons (Fsp3) is 0.846. The van der Waals surface area contributed by atoms with Gasteiger partial charge in [0.05, 0.1) is 18.6 Å². The fourth-order valence-electron chi connectivity index (χ4n) is 2.52. The van der Waals surface area contributed by atoms with E-state index in [1.54, 1.807) is 0 Å². The molecule has 19 heavy (non-hydrogen) atoms. The van der Waals surface area contributed by atoms with Gasteiger partial charge in [-0.3, -0.25) is 4.79 Å². The largest absolute Gasteiger partial charge is 0.480 e. The maximum Gasteiger partial charge on any atom is 0.326 e. The quantitative estimate of drug-likeness (QED) is 0.731. The molecule has 2 fully saturated rings. The predicted molar refractivity (Wildman–Crippen MR) is 66.6 cm³/mol. The zero-order valence-corrected chi connectivity index (χ0v) is 11.1. The molecular weight excluding hydrogens is 250 g/mol. The standard InChI is InChI=1S/C13H21NO5/c1-2-19-10-6-9(10)12(15)14-11(13(16)17)8-4-3-5-18-7-8/h8-11H,2-7H2,1H3,(H,14,15)(H,16,17). The number of nitrogens with one attached hydrogen (secondary N) is 1. The molecule has 1 amide bonds. The number of ether oxygens (including phenoxy) is 2. The van der Waals surface area contributed by atoms with E-state index in [0.717, 1.165) is 12.8 Å². The van der Waals surface area contributed by atoms with Gasteiger partial charge in [0.25, 0.3) is 0 Å². The number of carboxylic acid groups (broad SMARTS) is 1. The van der Waals surface area contributed by atoms with Gasteiger partial charge in [-0.05, 0) is 26.2 Å². The van der Waals surface area contributed by atoms with E-state index in [0.29, 0.717) is 26.2 Å². The van der Waals surface area contributed by atoms with Crippen LogP contribution < -0.4 is 5.32 Å². The Labute approximate surface area is 112 Å². The molecule has 4 unspecified atom stereocenters. The van der Waals surface area contributed by atoms with Crippen molar-refractivity contribution in [1.29, 1.82) is 0 Å². The van der Waals surface area contributed by atoms with E-state index in [-0.39, 0.29) is 23.8 Å². The second-order valence-corrected chi connectivity index (χ2v) is 5.14. The normalized spacial score (nSPS) is 31.5. The van der Waals surface area contributed by atoms with Crippen LogP contribution in [-0.4, -0.2) is 48.9 Å². The second-order valence-electron chi connectivity index (χ2n) is 5.14. The molecule has 2 N–H and O–H groups in total. The molecule has 2 rings (SSSR count). The van der Waals surface area contributed by atoms with Crippen LogP contribution in [0.4, 0.5) is 0 Å². The second kappa shape index (κ2) is 6.34. The van der Waals surface area contributed by atoms with Gasteiger partial charge in [-0.15, -0.1) is 0 Å². The minimum atomic E-state index is -0.988. The number of aliphatic carboxylic acids is 1. The van der Waals surface area contributed by atoms with Crippen molar-refractivity contribution in [1.82, 2.24) is 5.32 Å². The molecule has 1 aliphatic carbocycles. The van der Waals surface area contributed by atoms with Gasteiger partial charge in [-0.2, -0.15) is 0 Å². The van der Waals surface area contributed by atoms with Gasteiger partial charge in [-0.1, -0.05) is 0 Å². The Hall–Kier alpha value is -1.14. The SMILES string of the molecule is CCOC1CC1C(=O)NC(C(=O)O)C1CCCOC1. The first-order valence-corrected chi connectivity index (χ1v) is 6.86. The van der Waals surface area contributed by atoms with E-state index in [2.05, 4.69) is 5.32 Å². The smallest absolute Gasteiger partial charge is 0.326 e. The molecular formula is C13H21NO5. The van der Waals surface area contributed by atoms with Crippen LogP contribution in [0.2, 0.25) is 0 Å². The summed E-state index contributed by atoms with van der Waals surface area (Å²) in [6.07, 6.45) is 2.27. The minimum absolute atomic E-state index is 0.0398. The van der Waals surface area contributed by atoms with Crippen LogP contribution >= 0.6 is 0 Å². The molecule has 4 atom stereocenters. The van der Waals surface area contributed by atoms with E-state index in [1.807, 2.05) is 6.92 Å². The van der Waals surface area contributed by atoms with E-state index >= 15 is 0 Å². The van der Waals surface area contributed by atoms with Gasteiger partial charge >= 0.3 is 5.97 Å². The lowest BCUT2D eigenvalue weighted by atomic mass is 9.93. The molecule has 6 nitrogen and oxygen atoms in total. The Bertz CT molecular complexity index is 340. The van der Waals surface area contributed by atoms with Crippen LogP contribution in [0.1, 0.15) is 26.2 Å². The van der Waals surface area contributed by atoms with Crippen LogP contribution in [-0.2, 0) is 19.1 Å². The highest BCUT2D eigenvalue weighted by Gasteiger charge is 2.45. The Morgan fingerprint density at radius 3 is 2.89 bits per heavy atom. The van der Waals surface area contributed by atoms with Crippen LogP contribution in [0.15, 0.2) is 0 Å². The third-order valence-electron chi connectivity index (χ3n) is 3.68. The summed E-state index contributed by atoms with van der Waals surface area (Å²) in [6, 6.07) is -0.851. The van der Waals surface area contributed by atoms with Crippen molar-refractivity contribution in [3.63, 3.8) is 0 Å². The topological polar surface area (TPSA) is 84.9 Å². The molecule has 0 spiro atoms. The summed E-state index contributed by atoms with van der Waals surface area (Å²) in [4.78, 5) is 23.2. The molecule has 0 aromatic carbocycles. The number of rotatable bonds is 6. The number of carboxylic acids is 1. The third-order valence-corrected chi connectivity index (χ3v) is 3.68. The first-order valence-electron chi connectivity index (χ1n) is 6.86. The number of hydrogen-bond donors (Lipinski definition) is 2. The van der Waals surface area contributed by atoms with Gasteiger partial charge in [-0.25, -0.2) is 4.79 Å². The van der Waals surface area contributed by atoms with Gasteiger partial charge in [0.15, 0.2) is 0 Å². The van der Waals surface area contributed by atoms with Crippen molar-refractivity contribution < 1.29 is 24.2 Å². The number of amides is 1. The maximum absolute atomic E-state index is 12.0. The summed E-state index contributed by atoms with van der Waals surface area (Å²) in [7, 11) is 0. The van der Waals surface area contributed by atoms with Crippen molar-refractivity contribution in [2.75, 3.05) is 19.8 Å². The highest BCUT2D eigenvalue weighted by atomic mass is 16.5. The van der Waals surface area contributed by atoms with Gasteiger partial charge in [0, 0.05) is 19.1 Å². The molecule has 1 saturated heterocycles. The summed E-state index contributed by atoms with van der Waals surface area (Å²) in [5, 5.41) is 11.9. The summed E-state index contributed by atoms with van der Waals surface area (Å²) >= 11 is 0. The summed E-state index contributed by atoms with van der Waals surface area (Å²) in [5.74, 6) is -1.53. The average molecular weight is 271 g/mol. The molecule has 6 heteroatoms. The van der Waals surface area contributed by atoms with Crippen molar-refractivity contribution in [3.8, 4) is 0 Å². The summed E-state index contributed by atoms with van der Waals surface area (Å²) < 4.78 is 10.6. The first-order chi connectivity index (χ1) is 9.13. The van der Waals surface area contributed by atoms with Gasteiger partial charge in [0.2, 0.25) is 5.91 Å². The van der Waals surface area contributed by atoms with Crippen molar-refractivity contribution in [2.45, 2.75) is 38.3 Å². The van der Waals surface area contributed by atoms with E-state index in [9.17, 15) is 14.7 Å². The molecule has 1 aliphatic heterocycles. The molecule has 108 valence electrons. The first kappa shape index (κ1) is 14.3. The molecule has 0 aromatic rings. The van der Waals surface area contributed by atoms with Crippen LogP contribution in [0.3, 0.4) is 0 Å². The minimum Gasteiger partial charge on any atom is -0.480 e. The Morgan fingerprint density at radius 2 is 2.32 bits per heavy atom. The number of hydrogen-bond acceptors (Lipinski definition) is 4.